The molecule has 112 valence electrons. The van der Waals surface area contributed by atoms with Gasteiger partial charge in [0.25, 0.3) is 0 Å². The molecular weight excluding hydrogens is 264 g/mol. The highest BCUT2D eigenvalue weighted by Gasteiger charge is 2.17. The predicted molar refractivity (Wildman–Crippen MR) is 77.2 cm³/mol. The number of aromatic amines is 1. The number of nitrogen functional groups attached to an aromatic ring is 1. The monoisotopic (exact) mass is 285 g/mol. The molecule has 0 unspecified atom stereocenters. The van der Waals surface area contributed by atoms with Crippen LogP contribution in [-0.4, -0.2) is 21.9 Å². The number of halogens is 2. The first-order valence-corrected chi connectivity index (χ1v) is 6.38. The van der Waals surface area contributed by atoms with Crippen molar-refractivity contribution in [3.8, 4) is 11.1 Å². The number of nitrogens with one attached hydrogen (secondary N) is 1. The van der Waals surface area contributed by atoms with Crippen molar-refractivity contribution >= 4 is 5.82 Å². The molecule has 0 aliphatic carbocycles. The van der Waals surface area contributed by atoms with Crippen molar-refractivity contribution in [2.75, 3.05) is 12.3 Å². The molecule has 0 aliphatic heterocycles. The quantitative estimate of drug-likeness (QED) is 0.752. The van der Waals surface area contributed by atoms with Gasteiger partial charge in [-0.2, -0.15) is 5.10 Å². The predicted octanol–water partition coefficient (Wildman–Crippen LogP) is 3.27. The molecule has 20 heavy (non-hydrogen) atoms. The standard InChI is InChI=1S/C10H9F2N3.C2H6O.C2H6/c1-5-8(10(13)15-14-5)9-6(11)3-2-4-7(9)12;1-2-3;1-2/h2-4H,1H3,(H3,13,14,15);3H,2H2,1H3;1-2H3. The summed E-state index contributed by atoms with van der Waals surface area (Å²) in [6.07, 6.45) is 0. The van der Waals surface area contributed by atoms with Crippen LogP contribution in [0.1, 0.15) is 26.5 Å². The van der Waals surface area contributed by atoms with Gasteiger partial charge in [-0.3, -0.25) is 5.10 Å². The first kappa shape index (κ1) is 18.0. The fourth-order valence-electron chi connectivity index (χ4n) is 1.50. The van der Waals surface area contributed by atoms with Gasteiger partial charge < -0.3 is 10.8 Å². The third-order valence-electron chi connectivity index (χ3n) is 2.19. The number of rotatable bonds is 1. The molecule has 1 heterocycles. The van der Waals surface area contributed by atoms with Crippen molar-refractivity contribution in [1.82, 2.24) is 10.2 Å². The van der Waals surface area contributed by atoms with E-state index >= 15 is 0 Å². The van der Waals surface area contributed by atoms with E-state index < -0.39 is 11.6 Å². The molecule has 4 nitrogen and oxygen atoms in total. The fraction of sp³-hybridized carbons (Fsp3) is 0.357. The number of H-pyrrole nitrogens is 1. The summed E-state index contributed by atoms with van der Waals surface area (Å²) < 4.78 is 26.9. The Morgan fingerprint density at radius 1 is 1.20 bits per heavy atom. The number of nitrogens with zero attached hydrogens (tertiary/aromatic N) is 1. The molecule has 1 aromatic heterocycles. The molecule has 4 N–H and O–H groups in total. The van der Waals surface area contributed by atoms with Crippen LogP contribution in [0.3, 0.4) is 0 Å². The summed E-state index contributed by atoms with van der Waals surface area (Å²) in [5.74, 6) is -1.20. The number of hydrogen-bond acceptors (Lipinski definition) is 3. The molecule has 0 fully saturated rings. The molecule has 0 amide bonds. The van der Waals surface area contributed by atoms with E-state index in [1.54, 1.807) is 13.8 Å². The van der Waals surface area contributed by atoms with Crippen molar-refractivity contribution in [1.29, 1.82) is 0 Å². The lowest BCUT2D eigenvalue weighted by molar-refractivity contribution is 0.318. The summed E-state index contributed by atoms with van der Waals surface area (Å²) >= 11 is 0. The maximum Gasteiger partial charge on any atom is 0.153 e. The van der Waals surface area contributed by atoms with E-state index in [4.69, 9.17) is 10.8 Å². The maximum absolute atomic E-state index is 13.4. The number of aryl methyl sites for hydroxylation is 1. The van der Waals surface area contributed by atoms with Crippen LogP contribution in [0.25, 0.3) is 11.1 Å². The van der Waals surface area contributed by atoms with Crippen LogP contribution in [0.5, 0.6) is 0 Å². The molecule has 0 atom stereocenters. The lowest BCUT2D eigenvalue weighted by Gasteiger charge is -2.04. The zero-order chi connectivity index (χ0) is 15.7. The molecule has 0 saturated carbocycles. The minimum absolute atomic E-state index is 0.0940. The topological polar surface area (TPSA) is 74.9 Å². The first-order chi connectivity index (χ1) is 9.52. The Balaban J connectivity index is 0.000000641. The highest BCUT2D eigenvalue weighted by Crippen LogP contribution is 2.31. The SMILES string of the molecule is CC.CCO.Cc1[nH]nc(N)c1-c1c(F)cccc1F. The van der Waals surface area contributed by atoms with Gasteiger partial charge in [-0.25, -0.2) is 8.78 Å². The molecule has 2 rings (SSSR count). The van der Waals surface area contributed by atoms with E-state index in [2.05, 4.69) is 10.2 Å². The van der Waals surface area contributed by atoms with Gasteiger partial charge in [0.05, 0.1) is 11.1 Å². The van der Waals surface area contributed by atoms with Crippen molar-refractivity contribution in [2.24, 2.45) is 0 Å². The number of benzene rings is 1. The van der Waals surface area contributed by atoms with Crippen molar-refractivity contribution in [3.63, 3.8) is 0 Å². The van der Waals surface area contributed by atoms with Gasteiger partial charge in [-0.05, 0) is 26.0 Å². The van der Waals surface area contributed by atoms with Crippen molar-refractivity contribution < 1.29 is 13.9 Å². The van der Waals surface area contributed by atoms with Gasteiger partial charge in [0, 0.05) is 12.3 Å². The molecule has 0 radical (unpaired) electrons. The zero-order valence-electron chi connectivity index (χ0n) is 12.2. The minimum Gasteiger partial charge on any atom is -0.397 e. The smallest absolute Gasteiger partial charge is 0.153 e. The van der Waals surface area contributed by atoms with Gasteiger partial charge >= 0.3 is 0 Å². The van der Waals surface area contributed by atoms with E-state index in [0.717, 1.165) is 0 Å². The Kier molecular flexibility index (Phi) is 8.15. The van der Waals surface area contributed by atoms with E-state index in [1.165, 1.54) is 18.2 Å². The number of aromatic nitrogens is 2. The van der Waals surface area contributed by atoms with E-state index in [0.29, 0.717) is 5.69 Å². The van der Waals surface area contributed by atoms with E-state index in [-0.39, 0.29) is 23.6 Å². The molecule has 2 aromatic rings. The second-order valence-electron chi connectivity index (χ2n) is 3.52. The van der Waals surface area contributed by atoms with Crippen LogP contribution >= 0.6 is 0 Å². The Morgan fingerprint density at radius 3 is 2.00 bits per heavy atom. The van der Waals surface area contributed by atoms with Crippen molar-refractivity contribution in [3.05, 3.63) is 35.5 Å². The Bertz CT molecular complexity index is 487. The van der Waals surface area contributed by atoms with E-state index in [1.807, 2.05) is 13.8 Å². The number of nitrogens with two attached hydrogens (primary N) is 1. The lowest BCUT2D eigenvalue weighted by atomic mass is 10.0. The highest BCUT2D eigenvalue weighted by molar-refractivity contribution is 5.76. The summed E-state index contributed by atoms with van der Waals surface area (Å²) in [6.45, 7) is 7.59. The third kappa shape index (κ3) is 4.31. The molecule has 6 heteroatoms. The van der Waals surface area contributed by atoms with E-state index in [9.17, 15) is 8.78 Å². The Hall–Kier alpha value is -1.95. The molecule has 0 aliphatic rings. The normalized spacial score (nSPS) is 9.15. The van der Waals surface area contributed by atoms with Gasteiger partial charge in [0.2, 0.25) is 0 Å². The summed E-state index contributed by atoms with van der Waals surface area (Å²) in [4.78, 5) is 0. The van der Waals surface area contributed by atoms with Crippen LogP contribution in [0.2, 0.25) is 0 Å². The maximum atomic E-state index is 13.4. The fourth-order valence-corrected chi connectivity index (χ4v) is 1.50. The lowest BCUT2D eigenvalue weighted by Crippen LogP contribution is -1.94. The Labute approximate surface area is 117 Å². The van der Waals surface area contributed by atoms with Gasteiger partial charge in [-0.1, -0.05) is 19.9 Å². The van der Waals surface area contributed by atoms with Gasteiger partial charge in [0.1, 0.15) is 11.6 Å². The van der Waals surface area contributed by atoms with Crippen LogP contribution in [-0.2, 0) is 0 Å². The molecule has 0 bridgehead atoms. The van der Waals surface area contributed by atoms with Gasteiger partial charge in [-0.15, -0.1) is 0 Å². The summed E-state index contributed by atoms with van der Waals surface area (Å²) in [5, 5.41) is 13.8. The number of aliphatic hydroxyl groups excluding tert-OH is 1. The molecule has 1 aromatic carbocycles. The van der Waals surface area contributed by atoms with Crippen LogP contribution in [0.4, 0.5) is 14.6 Å². The minimum atomic E-state index is -0.647. The van der Waals surface area contributed by atoms with Crippen LogP contribution in [0, 0.1) is 18.6 Å². The second-order valence-corrected chi connectivity index (χ2v) is 3.52. The Morgan fingerprint density at radius 2 is 1.65 bits per heavy atom. The highest BCUT2D eigenvalue weighted by atomic mass is 19.1. The number of hydrogen-bond donors (Lipinski definition) is 3. The summed E-state index contributed by atoms with van der Waals surface area (Å²) in [6, 6.07) is 3.67. The number of aliphatic hydroxyl groups is 1. The van der Waals surface area contributed by atoms with Crippen LogP contribution in [0.15, 0.2) is 18.2 Å². The second kappa shape index (κ2) is 9.03. The van der Waals surface area contributed by atoms with Crippen LogP contribution < -0.4 is 5.73 Å². The number of anilines is 1. The molecule has 0 spiro atoms. The summed E-state index contributed by atoms with van der Waals surface area (Å²) in [5.41, 5.74) is 6.22. The van der Waals surface area contributed by atoms with Crippen molar-refractivity contribution in [2.45, 2.75) is 27.7 Å². The average molecular weight is 285 g/mol. The molecular formula is C14H21F2N3O. The summed E-state index contributed by atoms with van der Waals surface area (Å²) in [7, 11) is 0. The average Bonchev–Trinajstić information content (AvgIpc) is 2.74. The first-order valence-electron chi connectivity index (χ1n) is 6.38. The largest absolute Gasteiger partial charge is 0.397 e. The zero-order valence-corrected chi connectivity index (χ0v) is 12.2. The third-order valence-corrected chi connectivity index (χ3v) is 2.19. The van der Waals surface area contributed by atoms with Gasteiger partial charge in [0.15, 0.2) is 5.82 Å². The molecule has 0 saturated heterocycles.